The number of benzene rings is 3. The third-order valence-electron chi connectivity index (χ3n) is 4.14. The number of ether oxygens (including phenoxy) is 1. The molecule has 0 atom stereocenters. The van der Waals surface area contributed by atoms with Gasteiger partial charge in [0, 0.05) is 10.7 Å². The van der Waals surface area contributed by atoms with Crippen molar-refractivity contribution in [1.82, 2.24) is 5.43 Å². The number of hydrogen-bond acceptors (Lipinski definition) is 5. The number of hydrogen-bond donors (Lipinski definition) is 2. The average Bonchev–Trinajstić information content (AvgIpc) is 2.76. The predicted octanol–water partition coefficient (Wildman–Crippen LogP) is 4.61. The zero-order valence-corrected chi connectivity index (χ0v) is 18.3. The Kier molecular flexibility index (Phi) is 7.59. The molecule has 0 unspecified atom stereocenters. The lowest BCUT2D eigenvalue weighted by atomic mass is 10.2. The fourth-order valence-electron chi connectivity index (χ4n) is 2.48. The number of esters is 1. The molecule has 2 N–H and O–H groups in total. The molecule has 0 heterocycles. The van der Waals surface area contributed by atoms with Gasteiger partial charge in [-0.2, -0.15) is 5.10 Å². The summed E-state index contributed by atoms with van der Waals surface area (Å²) in [5, 5.41) is 6.83. The Hall–Kier alpha value is -3.68. The summed E-state index contributed by atoms with van der Waals surface area (Å²) in [6.45, 7) is 1.92. The number of halogens is 2. The Morgan fingerprint density at radius 2 is 1.59 bits per heavy atom. The number of carbonyl (C=O) groups excluding carboxylic acids is 3. The Balaban J connectivity index is 1.52. The van der Waals surface area contributed by atoms with Gasteiger partial charge in [-0.05, 0) is 67.1 Å². The van der Waals surface area contributed by atoms with Gasteiger partial charge in [-0.25, -0.2) is 10.2 Å². The van der Waals surface area contributed by atoms with E-state index in [2.05, 4.69) is 15.8 Å². The van der Waals surface area contributed by atoms with Crippen molar-refractivity contribution in [3.8, 4) is 5.75 Å². The second-order valence-corrected chi connectivity index (χ2v) is 7.45. The minimum atomic E-state index is -0.910. The molecule has 3 aromatic rings. The molecule has 0 aromatic heterocycles. The second kappa shape index (κ2) is 10.6. The summed E-state index contributed by atoms with van der Waals surface area (Å²) < 4.78 is 5.28. The van der Waals surface area contributed by atoms with Gasteiger partial charge >= 0.3 is 17.8 Å². The first-order valence-electron chi connectivity index (χ1n) is 9.30. The minimum Gasteiger partial charge on any atom is -0.423 e. The maximum atomic E-state index is 12.2. The van der Waals surface area contributed by atoms with Crippen LogP contribution in [0.25, 0.3) is 0 Å². The highest BCUT2D eigenvalue weighted by atomic mass is 35.5. The SMILES string of the molecule is Cc1ccc(NC(=O)C(=O)NN=Cc2ccc(OC(=O)c3ccc(Cl)cc3Cl)cc2)cc1. The molecule has 0 radical (unpaired) electrons. The van der Waals surface area contributed by atoms with E-state index in [0.717, 1.165) is 5.56 Å². The number of nitrogens with zero attached hydrogens (tertiary/aromatic N) is 1. The fourth-order valence-corrected chi connectivity index (χ4v) is 2.97. The summed E-state index contributed by atoms with van der Waals surface area (Å²) in [6, 6.07) is 17.8. The predicted molar refractivity (Wildman–Crippen MR) is 123 cm³/mol. The van der Waals surface area contributed by atoms with Gasteiger partial charge in [0.05, 0.1) is 16.8 Å². The normalized spacial score (nSPS) is 10.6. The minimum absolute atomic E-state index is 0.188. The van der Waals surface area contributed by atoms with Crippen molar-refractivity contribution in [3.05, 3.63) is 93.5 Å². The van der Waals surface area contributed by atoms with Crippen LogP contribution >= 0.6 is 23.2 Å². The molecule has 3 aromatic carbocycles. The van der Waals surface area contributed by atoms with E-state index in [1.165, 1.54) is 18.3 Å². The van der Waals surface area contributed by atoms with Gasteiger partial charge in [0.1, 0.15) is 5.75 Å². The van der Waals surface area contributed by atoms with Gasteiger partial charge in [-0.3, -0.25) is 9.59 Å². The van der Waals surface area contributed by atoms with E-state index in [1.807, 2.05) is 19.1 Å². The molecule has 2 amide bonds. The van der Waals surface area contributed by atoms with E-state index < -0.39 is 17.8 Å². The molecule has 7 nitrogen and oxygen atoms in total. The molecule has 0 aliphatic rings. The maximum absolute atomic E-state index is 12.2. The Morgan fingerprint density at radius 1 is 0.906 bits per heavy atom. The van der Waals surface area contributed by atoms with Crippen LogP contribution in [-0.4, -0.2) is 24.0 Å². The number of aryl methyl sites for hydroxylation is 1. The average molecular weight is 470 g/mol. The maximum Gasteiger partial charge on any atom is 0.345 e. The standard InChI is InChI=1S/C23H17Cl2N3O4/c1-14-2-7-17(8-3-14)27-21(29)22(30)28-26-13-15-4-9-18(10-5-15)32-23(31)19-11-6-16(24)12-20(19)25/h2-13H,1H3,(H,27,29)(H,28,30). The van der Waals surface area contributed by atoms with Crippen molar-refractivity contribution in [2.45, 2.75) is 6.92 Å². The monoisotopic (exact) mass is 469 g/mol. The third kappa shape index (κ3) is 6.41. The van der Waals surface area contributed by atoms with E-state index in [9.17, 15) is 14.4 Å². The van der Waals surface area contributed by atoms with E-state index in [-0.39, 0.29) is 10.6 Å². The first kappa shape index (κ1) is 23.0. The molecule has 0 aliphatic carbocycles. The molecule has 0 saturated carbocycles. The highest BCUT2D eigenvalue weighted by Gasteiger charge is 2.14. The molecule has 0 aliphatic heterocycles. The largest absolute Gasteiger partial charge is 0.423 e. The molecular weight excluding hydrogens is 453 g/mol. The van der Waals surface area contributed by atoms with Gasteiger partial charge in [0.2, 0.25) is 0 Å². The van der Waals surface area contributed by atoms with Gasteiger partial charge in [0.25, 0.3) is 0 Å². The zero-order valence-electron chi connectivity index (χ0n) is 16.8. The summed E-state index contributed by atoms with van der Waals surface area (Å²) in [5.41, 5.74) is 4.48. The highest BCUT2D eigenvalue weighted by Crippen LogP contribution is 2.23. The smallest absolute Gasteiger partial charge is 0.345 e. The molecule has 0 saturated heterocycles. The lowest BCUT2D eigenvalue weighted by Crippen LogP contribution is -2.32. The van der Waals surface area contributed by atoms with Crippen LogP contribution in [-0.2, 0) is 9.59 Å². The molecule has 0 bridgehead atoms. The van der Waals surface area contributed by atoms with Crippen LogP contribution in [0.2, 0.25) is 10.0 Å². The van der Waals surface area contributed by atoms with E-state index in [1.54, 1.807) is 42.5 Å². The summed E-state index contributed by atoms with van der Waals surface area (Å²) in [6.07, 6.45) is 1.35. The van der Waals surface area contributed by atoms with Gasteiger partial charge in [-0.15, -0.1) is 0 Å². The van der Waals surface area contributed by atoms with Gasteiger partial charge in [-0.1, -0.05) is 40.9 Å². The summed E-state index contributed by atoms with van der Waals surface area (Å²) in [7, 11) is 0. The topological polar surface area (TPSA) is 96.9 Å². The van der Waals surface area contributed by atoms with Gasteiger partial charge in [0.15, 0.2) is 0 Å². The van der Waals surface area contributed by atoms with Crippen LogP contribution in [0.5, 0.6) is 5.75 Å². The number of rotatable bonds is 5. The molecule has 0 fully saturated rings. The van der Waals surface area contributed by atoms with Crippen LogP contribution < -0.4 is 15.5 Å². The lowest BCUT2D eigenvalue weighted by molar-refractivity contribution is -0.136. The summed E-state index contributed by atoms with van der Waals surface area (Å²) in [4.78, 5) is 36.0. The molecular formula is C23H17Cl2N3O4. The van der Waals surface area contributed by atoms with Crippen LogP contribution in [0.1, 0.15) is 21.5 Å². The van der Waals surface area contributed by atoms with Crippen LogP contribution in [0.15, 0.2) is 71.8 Å². The van der Waals surface area contributed by atoms with Crippen LogP contribution in [0.4, 0.5) is 5.69 Å². The molecule has 0 spiro atoms. The first-order valence-corrected chi connectivity index (χ1v) is 10.1. The summed E-state index contributed by atoms with van der Waals surface area (Å²) >= 11 is 11.8. The van der Waals surface area contributed by atoms with Crippen molar-refractivity contribution in [2.24, 2.45) is 5.10 Å². The summed E-state index contributed by atoms with van der Waals surface area (Å²) in [5.74, 6) is -2.08. The van der Waals surface area contributed by atoms with Crippen molar-refractivity contribution >= 4 is 52.9 Å². The Morgan fingerprint density at radius 3 is 2.25 bits per heavy atom. The van der Waals surface area contributed by atoms with Crippen LogP contribution in [0, 0.1) is 6.92 Å². The number of anilines is 1. The Labute approximate surface area is 194 Å². The fraction of sp³-hybridized carbons (Fsp3) is 0.0435. The number of carbonyl (C=O) groups is 3. The number of hydrazone groups is 1. The molecule has 3 rings (SSSR count). The molecule has 162 valence electrons. The molecule has 32 heavy (non-hydrogen) atoms. The lowest BCUT2D eigenvalue weighted by Gasteiger charge is -2.06. The zero-order chi connectivity index (χ0) is 23.1. The molecule has 9 heteroatoms. The van der Waals surface area contributed by atoms with Crippen LogP contribution in [0.3, 0.4) is 0 Å². The third-order valence-corrected chi connectivity index (χ3v) is 4.68. The van der Waals surface area contributed by atoms with Gasteiger partial charge < -0.3 is 10.1 Å². The number of nitrogens with one attached hydrogen (secondary N) is 2. The quantitative estimate of drug-likeness (QED) is 0.187. The number of amides is 2. The van der Waals surface area contributed by atoms with Crippen molar-refractivity contribution in [1.29, 1.82) is 0 Å². The highest BCUT2D eigenvalue weighted by molar-refractivity contribution is 6.39. The van der Waals surface area contributed by atoms with Crippen molar-refractivity contribution in [3.63, 3.8) is 0 Å². The van der Waals surface area contributed by atoms with E-state index in [0.29, 0.717) is 22.0 Å². The van der Waals surface area contributed by atoms with E-state index >= 15 is 0 Å². The second-order valence-electron chi connectivity index (χ2n) is 6.60. The van der Waals surface area contributed by atoms with E-state index in [4.69, 9.17) is 27.9 Å². The van der Waals surface area contributed by atoms with Crippen molar-refractivity contribution in [2.75, 3.05) is 5.32 Å². The Bertz CT molecular complexity index is 1180. The first-order chi connectivity index (χ1) is 15.3. The van der Waals surface area contributed by atoms with Crippen molar-refractivity contribution < 1.29 is 19.1 Å².